The first-order valence-corrected chi connectivity index (χ1v) is 6.29. The van der Waals surface area contributed by atoms with Gasteiger partial charge in [0.15, 0.2) is 0 Å². The molecule has 3 rings (SSSR count). The molecule has 1 spiro atoms. The second kappa shape index (κ2) is 3.60. The van der Waals surface area contributed by atoms with E-state index >= 15 is 0 Å². The molecule has 3 heterocycles. The molecule has 0 unspecified atom stereocenters. The van der Waals surface area contributed by atoms with Gasteiger partial charge in [0.1, 0.15) is 5.82 Å². The summed E-state index contributed by atoms with van der Waals surface area (Å²) in [5.74, 6) is 0.596. The normalized spacial score (nSPS) is 22.6. The molecule has 2 aliphatic heterocycles. The molecule has 2 saturated heterocycles. The lowest BCUT2D eigenvalue weighted by atomic mass is 9.72. The van der Waals surface area contributed by atoms with Crippen LogP contribution in [0.25, 0.3) is 0 Å². The molecule has 2 N–H and O–H groups in total. The van der Waals surface area contributed by atoms with E-state index in [0.717, 1.165) is 0 Å². The summed E-state index contributed by atoms with van der Waals surface area (Å²) in [5, 5.41) is 0. The van der Waals surface area contributed by atoms with E-state index in [2.05, 4.69) is 34.7 Å². The van der Waals surface area contributed by atoms with Crippen LogP contribution in [0.2, 0.25) is 0 Å². The standard InChI is InChI=1S/C13H20N4/c1-10(2)16-6-13(7-16)8-17(9-13)11-3-4-12(14)15-5-11/h3-5,10H,6-9H2,1-2H3,(H2,14,15). The number of anilines is 2. The van der Waals surface area contributed by atoms with Gasteiger partial charge in [0.2, 0.25) is 0 Å². The van der Waals surface area contributed by atoms with Gasteiger partial charge in [-0.3, -0.25) is 4.90 Å². The summed E-state index contributed by atoms with van der Waals surface area (Å²) >= 11 is 0. The van der Waals surface area contributed by atoms with E-state index in [-0.39, 0.29) is 0 Å². The van der Waals surface area contributed by atoms with Crippen LogP contribution in [0.15, 0.2) is 18.3 Å². The number of hydrogen-bond acceptors (Lipinski definition) is 4. The summed E-state index contributed by atoms with van der Waals surface area (Å²) in [6, 6.07) is 4.63. The Bertz CT molecular complexity index is 398. The molecule has 0 amide bonds. The zero-order valence-corrected chi connectivity index (χ0v) is 10.6. The number of nitrogens with zero attached hydrogens (tertiary/aromatic N) is 3. The van der Waals surface area contributed by atoms with Crippen LogP contribution in [0.1, 0.15) is 13.8 Å². The Morgan fingerprint density at radius 3 is 2.47 bits per heavy atom. The number of hydrogen-bond donors (Lipinski definition) is 1. The Morgan fingerprint density at radius 2 is 1.94 bits per heavy atom. The summed E-state index contributed by atoms with van der Waals surface area (Å²) in [5.41, 5.74) is 7.35. The van der Waals surface area contributed by atoms with E-state index in [0.29, 0.717) is 17.3 Å². The van der Waals surface area contributed by atoms with Gasteiger partial charge in [-0.25, -0.2) is 4.98 Å². The smallest absolute Gasteiger partial charge is 0.123 e. The largest absolute Gasteiger partial charge is 0.384 e. The SMILES string of the molecule is CC(C)N1CC2(CN(c3ccc(N)nc3)C2)C1. The van der Waals surface area contributed by atoms with Crippen molar-refractivity contribution >= 4 is 11.5 Å². The molecular formula is C13H20N4. The summed E-state index contributed by atoms with van der Waals surface area (Å²) in [4.78, 5) is 9.08. The van der Waals surface area contributed by atoms with Gasteiger partial charge in [0.25, 0.3) is 0 Å². The van der Waals surface area contributed by atoms with Gasteiger partial charge >= 0.3 is 0 Å². The van der Waals surface area contributed by atoms with Crippen LogP contribution in [0.5, 0.6) is 0 Å². The molecule has 4 nitrogen and oxygen atoms in total. The topological polar surface area (TPSA) is 45.4 Å². The van der Waals surface area contributed by atoms with Gasteiger partial charge < -0.3 is 10.6 Å². The molecule has 1 aromatic rings. The molecule has 0 radical (unpaired) electrons. The molecule has 17 heavy (non-hydrogen) atoms. The van der Waals surface area contributed by atoms with Gasteiger partial charge in [-0.05, 0) is 26.0 Å². The van der Waals surface area contributed by atoms with Crippen molar-refractivity contribution in [1.82, 2.24) is 9.88 Å². The van der Waals surface area contributed by atoms with Gasteiger partial charge in [0, 0.05) is 37.6 Å². The summed E-state index contributed by atoms with van der Waals surface area (Å²) in [6.07, 6.45) is 1.88. The van der Waals surface area contributed by atoms with E-state index in [1.165, 1.54) is 31.9 Å². The quantitative estimate of drug-likeness (QED) is 0.832. The average molecular weight is 232 g/mol. The highest BCUT2D eigenvalue weighted by Crippen LogP contribution is 2.42. The van der Waals surface area contributed by atoms with Crippen molar-refractivity contribution < 1.29 is 0 Å². The maximum atomic E-state index is 5.59. The van der Waals surface area contributed by atoms with Crippen LogP contribution < -0.4 is 10.6 Å². The maximum absolute atomic E-state index is 5.59. The van der Waals surface area contributed by atoms with Crippen LogP contribution >= 0.6 is 0 Å². The minimum atomic E-state index is 0.561. The van der Waals surface area contributed by atoms with Crippen LogP contribution in [-0.4, -0.2) is 42.1 Å². The first-order chi connectivity index (χ1) is 8.08. The molecule has 0 saturated carbocycles. The third-order valence-electron chi connectivity index (χ3n) is 4.00. The molecule has 2 fully saturated rings. The molecule has 0 aliphatic carbocycles. The first kappa shape index (κ1) is 10.8. The molecular weight excluding hydrogens is 212 g/mol. The van der Waals surface area contributed by atoms with Gasteiger partial charge in [0.05, 0.1) is 11.9 Å². The van der Waals surface area contributed by atoms with E-state index in [9.17, 15) is 0 Å². The van der Waals surface area contributed by atoms with E-state index in [4.69, 9.17) is 5.73 Å². The van der Waals surface area contributed by atoms with Crippen molar-refractivity contribution in [3.8, 4) is 0 Å². The fraction of sp³-hybridized carbons (Fsp3) is 0.615. The highest BCUT2D eigenvalue weighted by atomic mass is 15.3. The van der Waals surface area contributed by atoms with Crippen LogP contribution in [-0.2, 0) is 0 Å². The van der Waals surface area contributed by atoms with E-state index in [1.807, 2.05) is 12.3 Å². The fourth-order valence-electron chi connectivity index (χ4n) is 2.91. The highest BCUT2D eigenvalue weighted by Gasteiger charge is 2.52. The van der Waals surface area contributed by atoms with Gasteiger partial charge in [-0.1, -0.05) is 0 Å². The monoisotopic (exact) mass is 232 g/mol. The van der Waals surface area contributed by atoms with Crippen molar-refractivity contribution in [2.45, 2.75) is 19.9 Å². The lowest BCUT2D eigenvalue weighted by Crippen LogP contribution is -2.73. The Morgan fingerprint density at radius 1 is 1.24 bits per heavy atom. The minimum Gasteiger partial charge on any atom is -0.384 e. The van der Waals surface area contributed by atoms with Crippen molar-refractivity contribution in [3.05, 3.63) is 18.3 Å². The molecule has 0 bridgehead atoms. The zero-order valence-electron chi connectivity index (χ0n) is 10.6. The van der Waals surface area contributed by atoms with E-state index < -0.39 is 0 Å². The minimum absolute atomic E-state index is 0.561. The number of nitrogens with two attached hydrogens (primary N) is 1. The Balaban J connectivity index is 1.57. The van der Waals surface area contributed by atoms with Crippen molar-refractivity contribution in [3.63, 3.8) is 0 Å². The predicted molar refractivity (Wildman–Crippen MR) is 70.0 cm³/mol. The first-order valence-electron chi connectivity index (χ1n) is 6.29. The Labute approximate surface area is 102 Å². The fourth-order valence-corrected chi connectivity index (χ4v) is 2.91. The summed E-state index contributed by atoms with van der Waals surface area (Å²) in [7, 11) is 0. The second-order valence-corrected chi connectivity index (χ2v) is 5.80. The number of rotatable bonds is 2. The van der Waals surface area contributed by atoms with Crippen molar-refractivity contribution in [2.24, 2.45) is 5.41 Å². The molecule has 2 aliphatic rings. The van der Waals surface area contributed by atoms with Crippen LogP contribution in [0, 0.1) is 5.41 Å². The molecule has 92 valence electrons. The number of pyridine rings is 1. The number of likely N-dealkylation sites (tertiary alicyclic amines) is 1. The average Bonchev–Trinajstić information content (AvgIpc) is 2.15. The lowest BCUT2D eigenvalue weighted by Gasteiger charge is -2.62. The van der Waals surface area contributed by atoms with E-state index in [1.54, 1.807) is 0 Å². The molecule has 0 aromatic carbocycles. The lowest BCUT2D eigenvalue weighted by molar-refractivity contribution is -0.0411. The molecule has 4 heteroatoms. The molecule has 0 atom stereocenters. The van der Waals surface area contributed by atoms with Gasteiger partial charge in [-0.15, -0.1) is 0 Å². The summed E-state index contributed by atoms with van der Waals surface area (Å²) in [6.45, 7) is 9.39. The number of aromatic nitrogens is 1. The predicted octanol–water partition coefficient (Wildman–Crippen LogP) is 1.19. The van der Waals surface area contributed by atoms with Gasteiger partial charge in [-0.2, -0.15) is 0 Å². The molecule has 1 aromatic heterocycles. The zero-order chi connectivity index (χ0) is 12.0. The highest BCUT2D eigenvalue weighted by molar-refractivity contribution is 5.51. The van der Waals surface area contributed by atoms with Crippen molar-refractivity contribution in [2.75, 3.05) is 36.8 Å². The summed E-state index contributed by atoms with van der Waals surface area (Å²) < 4.78 is 0. The second-order valence-electron chi connectivity index (χ2n) is 5.80. The van der Waals surface area contributed by atoms with Crippen molar-refractivity contribution in [1.29, 1.82) is 0 Å². The third kappa shape index (κ3) is 1.76. The Hall–Kier alpha value is -1.29. The maximum Gasteiger partial charge on any atom is 0.123 e. The third-order valence-corrected chi connectivity index (χ3v) is 4.00. The Kier molecular flexibility index (Phi) is 2.30. The number of nitrogen functional groups attached to an aromatic ring is 1. The van der Waals surface area contributed by atoms with Crippen LogP contribution in [0.4, 0.5) is 11.5 Å². The van der Waals surface area contributed by atoms with Crippen LogP contribution in [0.3, 0.4) is 0 Å².